The maximum absolute atomic E-state index is 13.8. The summed E-state index contributed by atoms with van der Waals surface area (Å²) in [6.45, 7) is 1.29. The molecule has 6 heteroatoms. The molecule has 0 heterocycles. The van der Waals surface area contributed by atoms with Crippen molar-refractivity contribution in [3.8, 4) is 16.9 Å². The molecular formula is C15H13F4NO. The van der Waals surface area contributed by atoms with Gasteiger partial charge in [-0.3, -0.25) is 0 Å². The molecule has 0 bridgehead atoms. The van der Waals surface area contributed by atoms with Crippen LogP contribution in [0.25, 0.3) is 11.1 Å². The summed E-state index contributed by atoms with van der Waals surface area (Å²) >= 11 is 0. The number of halogens is 4. The molecule has 2 aromatic rings. The van der Waals surface area contributed by atoms with Crippen LogP contribution >= 0.6 is 0 Å². The first-order chi connectivity index (χ1) is 9.75. The second-order valence-electron chi connectivity index (χ2n) is 4.67. The van der Waals surface area contributed by atoms with Gasteiger partial charge in [-0.2, -0.15) is 13.2 Å². The fraction of sp³-hybridized carbons (Fsp3) is 0.200. The Kier molecular flexibility index (Phi) is 3.91. The van der Waals surface area contributed by atoms with E-state index in [1.807, 2.05) is 0 Å². The highest BCUT2D eigenvalue weighted by atomic mass is 19.4. The van der Waals surface area contributed by atoms with Crippen molar-refractivity contribution in [3.63, 3.8) is 0 Å². The molecule has 0 saturated carbocycles. The van der Waals surface area contributed by atoms with Gasteiger partial charge in [-0.25, -0.2) is 4.39 Å². The van der Waals surface area contributed by atoms with Gasteiger partial charge in [0.15, 0.2) is 0 Å². The van der Waals surface area contributed by atoms with Gasteiger partial charge in [-0.1, -0.05) is 6.07 Å². The average Bonchev–Trinajstić information content (AvgIpc) is 2.40. The first kappa shape index (κ1) is 15.3. The molecule has 2 nitrogen and oxygen atoms in total. The average molecular weight is 299 g/mol. The van der Waals surface area contributed by atoms with Gasteiger partial charge < -0.3 is 10.8 Å². The lowest BCUT2D eigenvalue weighted by Gasteiger charge is -2.16. The minimum atomic E-state index is -4.63. The number of hydrogen-bond donors (Lipinski definition) is 2. The Morgan fingerprint density at radius 1 is 1.19 bits per heavy atom. The maximum Gasteiger partial charge on any atom is 0.417 e. The molecule has 3 N–H and O–H groups in total. The van der Waals surface area contributed by atoms with Gasteiger partial charge in [0.1, 0.15) is 11.6 Å². The first-order valence-electron chi connectivity index (χ1n) is 6.14. The summed E-state index contributed by atoms with van der Waals surface area (Å²) in [5, 5.41) is 9.81. The van der Waals surface area contributed by atoms with Crippen LogP contribution in [0.5, 0.6) is 5.75 Å². The molecule has 0 aromatic heterocycles. The van der Waals surface area contributed by atoms with Gasteiger partial charge in [-0.15, -0.1) is 0 Å². The predicted octanol–water partition coefficient (Wildman–Crippen LogP) is 3.98. The van der Waals surface area contributed by atoms with E-state index in [1.165, 1.54) is 19.1 Å². The third kappa shape index (κ3) is 2.85. The molecular weight excluding hydrogens is 286 g/mol. The monoisotopic (exact) mass is 299 g/mol. The number of benzene rings is 2. The van der Waals surface area contributed by atoms with Crippen molar-refractivity contribution >= 4 is 0 Å². The molecule has 0 saturated heterocycles. The van der Waals surface area contributed by atoms with Gasteiger partial charge in [0.05, 0.1) is 5.56 Å². The second-order valence-corrected chi connectivity index (χ2v) is 4.67. The minimum absolute atomic E-state index is 0.0831. The SMILES string of the molecule is Cc1cc(-c2c(O)cccc2C(F)(F)F)cc(CN)c1F. The zero-order chi connectivity index (χ0) is 15.8. The smallest absolute Gasteiger partial charge is 0.417 e. The highest BCUT2D eigenvalue weighted by molar-refractivity contribution is 5.75. The van der Waals surface area contributed by atoms with E-state index >= 15 is 0 Å². The van der Waals surface area contributed by atoms with Gasteiger partial charge in [-0.05, 0) is 42.3 Å². The van der Waals surface area contributed by atoms with E-state index in [-0.39, 0.29) is 28.8 Å². The van der Waals surface area contributed by atoms with Gasteiger partial charge in [0, 0.05) is 17.7 Å². The number of nitrogens with two attached hydrogens (primary N) is 1. The summed E-state index contributed by atoms with van der Waals surface area (Å²) in [6, 6.07) is 5.63. The van der Waals surface area contributed by atoms with Crippen molar-refractivity contribution in [1.29, 1.82) is 0 Å². The standard InChI is InChI=1S/C15H13F4NO/c1-8-5-9(6-10(7-20)14(8)16)13-11(15(17,18)19)3-2-4-12(13)21/h2-6,21H,7,20H2,1H3. The highest BCUT2D eigenvalue weighted by Gasteiger charge is 2.35. The van der Waals surface area contributed by atoms with Crippen LogP contribution in [-0.4, -0.2) is 5.11 Å². The molecule has 0 aliphatic rings. The van der Waals surface area contributed by atoms with E-state index in [9.17, 15) is 22.7 Å². The van der Waals surface area contributed by atoms with E-state index in [2.05, 4.69) is 0 Å². The summed E-state index contributed by atoms with van der Waals surface area (Å²) in [5.41, 5.74) is 4.41. The van der Waals surface area contributed by atoms with E-state index < -0.39 is 23.3 Å². The van der Waals surface area contributed by atoms with Gasteiger partial charge in [0.2, 0.25) is 0 Å². The number of phenols is 1. The molecule has 0 amide bonds. The fourth-order valence-electron chi connectivity index (χ4n) is 2.22. The van der Waals surface area contributed by atoms with E-state index in [0.29, 0.717) is 0 Å². The van der Waals surface area contributed by atoms with E-state index in [1.54, 1.807) is 0 Å². The number of rotatable bonds is 2. The van der Waals surface area contributed by atoms with Crippen LogP contribution in [0.2, 0.25) is 0 Å². The summed E-state index contributed by atoms with van der Waals surface area (Å²) in [4.78, 5) is 0. The van der Waals surface area contributed by atoms with Crippen molar-refractivity contribution in [3.05, 3.63) is 52.8 Å². The summed E-state index contributed by atoms with van der Waals surface area (Å²) in [5.74, 6) is -1.07. The molecule has 0 spiro atoms. The quantitative estimate of drug-likeness (QED) is 0.824. The molecule has 0 unspecified atom stereocenters. The molecule has 21 heavy (non-hydrogen) atoms. The van der Waals surface area contributed by atoms with Crippen LogP contribution in [-0.2, 0) is 12.7 Å². The third-order valence-corrected chi connectivity index (χ3v) is 3.19. The van der Waals surface area contributed by atoms with E-state index in [0.717, 1.165) is 18.2 Å². The zero-order valence-electron chi connectivity index (χ0n) is 11.1. The third-order valence-electron chi connectivity index (χ3n) is 3.19. The van der Waals surface area contributed by atoms with Crippen molar-refractivity contribution in [1.82, 2.24) is 0 Å². The molecule has 0 aliphatic heterocycles. The number of phenolic OH excluding ortho intramolecular Hbond substituents is 1. The summed E-state index contributed by atoms with van der Waals surface area (Å²) in [6.07, 6.45) is -4.63. The Morgan fingerprint density at radius 2 is 1.86 bits per heavy atom. The maximum atomic E-state index is 13.8. The van der Waals surface area contributed by atoms with E-state index in [4.69, 9.17) is 5.73 Å². The van der Waals surface area contributed by atoms with Crippen molar-refractivity contribution in [2.24, 2.45) is 5.73 Å². The largest absolute Gasteiger partial charge is 0.507 e. The Bertz CT molecular complexity index is 680. The second kappa shape index (κ2) is 5.37. The molecule has 112 valence electrons. The van der Waals surface area contributed by atoms with Crippen LogP contribution in [0.3, 0.4) is 0 Å². The highest BCUT2D eigenvalue weighted by Crippen LogP contribution is 2.42. The first-order valence-corrected chi connectivity index (χ1v) is 6.14. The normalized spacial score (nSPS) is 11.7. The van der Waals surface area contributed by atoms with Crippen LogP contribution in [0.1, 0.15) is 16.7 Å². The Hall–Kier alpha value is -2.08. The summed E-state index contributed by atoms with van der Waals surface area (Å²) < 4.78 is 53.0. The topological polar surface area (TPSA) is 46.2 Å². The minimum Gasteiger partial charge on any atom is -0.507 e. The molecule has 0 atom stereocenters. The van der Waals surface area contributed by atoms with Crippen LogP contribution < -0.4 is 5.73 Å². The Labute approximate surface area is 118 Å². The molecule has 2 rings (SSSR count). The summed E-state index contributed by atoms with van der Waals surface area (Å²) in [7, 11) is 0. The zero-order valence-corrected chi connectivity index (χ0v) is 11.1. The van der Waals surface area contributed by atoms with Crippen molar-refractivity contribution < 1.29 is 22.7 Å². The number of aromatic hydroxyl groups is 1. The number of hydrogen-bond acceptors (Lipinski definition) is 2. The van der Waals surface area contributed by atoms with Gasteiger partial charge >= 0.3 is 6.18 Å². The molecule has 0 radical (unpaired) electrons. The fourth-order valence-corrected chi connectivity index (χ4v) is 2.22. The number of alkyl halides is 3. The number of aryl methyl sites for hydroxylation is 1. The lowest BCUT2D eigenvalue weighted by molar-refractivity contribution is -0.137. The van der Waals surface area contributed by atoms with Gasteiger partial charge in [0.25, 0.3) is 0 Å². The van der Waals surface area contributed by atoms with Crippen molar-refractivity contribution in [2.45, 2.75) is 19.6 Å². The van der Waals surface area contributed by atoms with Crippen LogP contribution in [0.4, 0.5) is 17.6 Å². The van der Waals surface area contributed by atoms with Crippen LogP contribution in [0.15, 0.2) is 30.3 Å². The lowest BCUT2D eigenvalue weighted by Crippen LogP contribution is -2.08. The predicted molar refractivity (Wildman–Crippen MR) is 71.1 cm³/mol. The van der Waals surface area contributed by atoms with Crippen molar-refractivity contribution in [2.75, 3.05) is 0 Å². The molecule has 0 aliphatic carbocycles. The molecule has 0 fully saturated rings. The Balaban J connectivity index is 2.76. The Morgan fingerprint density at radius 3 is 2.43 bits per heavy atom. The van der Waals surface area contributed by atoms with Crippen LogP contribution in [0, 0.1) is 12.7 Å². The molecule has 2 aromatic carbocycles. The lowest BCUT2D eigenvalue weighted by atomic mass is 9.94.